The van der Waals surface area contributed by atoms with Crippen molar-refractivity contribution in [1.82, 2.24) is 14.9 Å². The molecule has 2 aromatic rings. The molecule has 0 spiro atoms. The Balaban J connectivity index is 2.08. The predicted molar refractivity (Wildman–Crippen MR) is 86.3 cm³/mol. The van der Waals surface area contributed by atoms with Crippen molar-refractivity contribution in [3.8, 4) is 0 Å². The van der Waals surface area contributed by atoms with Crippen molar-refractivity contribution in [2.24, 2.45) is 7.05 Å². The molecule has 1 amide bonds. The molecule has 3 heterocycles. The predicted octanol–water partition coefficient (Wildman–Crippen LogP) is 1.55. The van der Waals surface area contributed by atoms with E-state index in [1.807, 2.05) is 30.7 Å². The molecule has 2 aromatic heterocycles. The maximum Gasteiger partial charge on any atom is 0.267 e. The van der Waals surface area contributed by atoms with Gasteiger partial charge in [0, 0.05) is 43.4 Å². The summed E-state index contributed by atoms with van der Waals surface area (Å²) >= 11 is 0. The monoisotopic (exact) mass is 302 g/mol. The molecule has 0 aliphatic carbocycles. The molecule has 6 nitrogen and oxygen atoms in total. The van der Waals surface area contributed by atoms with E-state index in [4.69, 9.17) is 4.74 Å². The van der Waals surface area contributed by atoms with E-state index in [1.165, 1.54) is 0 Å². The summed E-state index contributed by atoms with van der Waals surface area (Å²) in [6.45, 7) is 6.98. The number of carbonyl (C=O) groups is 1. The number of aryl methyl sites for hydroxylation is 1. The van der Waals surface area contributed by atoms with Crippen LogP contribution in [0.3, 0.4) is 0 Å². The summed E-state index contributed by atoms with van der Waals surface area (Å²) in [5.74, 6) is -0.0658. The van der Waals surface area contributed by atoms with Crippen molar-refractivity contribution < 1.29 is 9.53 Å². The smallest absolute Gasteiger partial charge is 0.267 e. The Bertz CT molecular complexity index is 695. The third-order valence-corrected chi connectivity index (χ3v) is 4.15. The molecule has 118 valence electrons. The lowest BCUT2D eigenvalue weighted by atomic mass is 10.2. The summed E-state index contributed by atoms with van der Waals surface area (Å²) in [5.41, 5.74) is 2.59. The normalized spacial score (nSPS) is 18.7. The van der Waals surface area contributed by atoms with E-state index in [9.17, 15) is 4.79 Å². The minimum atomic E-state index is -0.0658. The minimum absolute atomic E-state index is 0.0658. The lowest BCUT2D eigenvalue weighted by Gasteiger charge is -2.35. The summed E-state index contributed by atoms with van der Waals surface area (Å²) in [6.07, 6.45) is 1.81. The molecule has 1 saturated heterocycles. The van der Waals surface area contributed by atoms with Gasteiger partial charge in [-0.3, -0.25) is 4.79 Å². The van der Waals surface area contributed by atoms with Gasteiger partial charge in [0.15, 0.2) is 0 Å². The van der Waals surface area contributed by atoms with Crippen LogP contribution >= 0.6 is 0 Å². The fourth-order valence-electron chi connectivity index (χ4n) is 3.01. The van der Waals surface area contributed by atoms with Crippen molar-refractivity contribution in [3.05, 3.63) is 24.0 Å². The van der Waals surface area contributed by atoms with Gasteiger partial charge in [0.1, 0.15) is 11.3 Å². The topological polar surface area (TPSA) is 59.4 Å². The first-order valence-corrected chi connectivity index (χ1v) is 7.70. The van der Waals surface area contributed by atoms with E-state index >= 15 is 0 Å². The Morgan fingerprint density at radius 1 is 1.55 bits per heavy atom. The second-order valence-electron chi connectivity index (χ2n) is 5.63. The number of rotatable bonds is 3. The first-order valence-electron chi connectivity index (χ1n) is 7.70. The maximum atomic E-state index is 12.2. The zero-order valence-electron chi connectivity index (χ0n) is 13.3. The van der Waals surface area contributed by atoms with E-state index in [0.717, 1.165) is 36.5 Å². The van der Waals surface area contributed by atoms with Crippen LogP contribution in [0.4, 0.5) is 5.69 Å². The number of hydrogen-bond donors (Lipinski definition) is 1. The molecule has 6 heteroatoms. The number of pyridine rings is 1. The lowest BCUT2D eigenvalue weighted by molar-refractivity contribution is 0.0948. The van der Waals surface area contributed by atoms with Gasteiger partial charge in [-0.05, 0) is 26.0 Å². The van der Waals surface area contributed by atoms with Gasteiger partial charge < -0.3 is 19.5 Å². The highest BCUT2D eigenvalue weighted by molar-refractivity contribution is 6.01. The molecule has 0 unspecified atom stereocenters. The van der Waals surface area contributed by atoms with Gasteiger partial charge >= 0.3 is 0 Å². The minimum Gasteiger partial charge on any atom is -0.377 e. The zero-order chi connectivity index (χ0) is 15.7. The Morgan fingerprint density at radius 3 is 3.09 bits per heavy atom. The number of hydrogen-bond acceptors (Lipinski definition) is 4. The Morgan fingerprint density at radius 2 is 2.36 bits per heavy atom. The van der Waals surface area contributed by atoms with Crippen LogP contribution in [0, 0.1) is 0 Å². The summed E-state index contributed by atoms with van der Waals surface area (Å²) in [6, 6.07) is 4.27. The Kier molecular flexibility index (Phi) is 4.02. The molecule has 3 rings (SSSR count). The van der Waals surface area contributed by atoms with E-state index < -0.39 is 0 Å². The maximum absolute atomic E-state index is 12.2. The molecule has 1 aliphatic rings. The number of morpholine rings is 1. The van der Waals surface area contributed by atoms with Crippen molar-refractivity contribution in [3.63, 3.8) is 0 Å². The van der Waals surface area contributed by atoms with Crippen molar-refractivity contribution in [1.29, 1.82) is 0 Å². The van der Waals surface area contributed by atoms with Crippen LogP contribution in [0.2, 0.25) is 0 Å². The largest absolute Gasteiger partial charge is 0.377 e. The second-order valence-corrected chi connectivity index (χ2v) is 5.63. The highest BCUT2D eigenvalue weighted by Crippen LogP contribution is 2.30. The first-order chi connectivity index (χ1) is 10.6. The third kappa shape index (κ3) is 2.43. The van der Waals surface area contributed by atoms with E-state index in [1.54, 1.807) is 6.20 Å². The molecule has 1 atom stereocenters. The number of fused-ring (bicyclic) bond motifs is 1. The van der Waals surface area contributed by atoms with Crippen LogP contribution in [0.1, 0.15) is 24.3 Å². The zero-order valence-corrected chi connectivity index (χ0v) is 13.3. The third-order valence-electron chi connectivity index (χ3n) is 4.15. The van der Waals surface area contributed by atoms with Gasteiger partial charge in [-0.15, -0.1) is 0 Å². The lowest BCUT2D eigenvalue weighted by Crippen LogP contribution is -2.43. The average molecular weight is 302 g/mol. The number of nitrogens with one attached hydrogen (secondary N) is 1. The molecular weight excluding hydrogens is 280 g/mol. The SMILES string of the molecule is CCNC(=O)c1cc2c(N3CCOC[C@@H]3C)ccnc2n1C. The molecule has 0 aromatic carbocycles. The Labute approximate surface area is 130 Å². The molecule has 1 N–H and O–H groups in total. The second kappa shape index (κ2) is 5.96. The van der Waals surface area contributed by atoms with Crippen LogP contribution < -0.4 is 10.2 Å². The van der Waals surface area contributed by atoms with Gasteiger partial charge in [0.05, 0.1) is 13.2 Å². The van der Waals surface area contributed by atoms with Crippen molar-refractivity contribution in [2.75, 3.05) is 31.2 Å². The van der Waals surface area contributed by atoms with Crippen molar-refractivity contribution in [2.45, 2.75) is 19.9 Å². The van der Waals surface area contributed by atoms with E-state index in [0.29, 0.717) is 18.3 Å². The van der Waals surface area contributed by atoms with Crippen LogP contribution in [0.25, 0.3) is 11.0 Å². The van der Waals surface area contributed by atoms with E-state index in [-0.39, 0.29) is 5.91 Å². The highest BCUT2D eigenvalue weighted by atomic mass is 16.5. The summed E-state index contributed by atoms with van der Waals surface area (Å²) in [5, 5.41) is 3.86. The van der Waals surface area contributed by atoms with Gasteiger partial charge in [0.25, 0.3) is 5.91 Å². The molecule has 0 saturated carbocycles. The van der Waals surface area contributed by atoms with Crippen LogP contribution in [0.15, 0.2) is 18.3 Å². The number of anilines is 1. The van der Waals surface area contributed by atoms with Gasteiger partial charge in [-0.1, -0.05) is 0 Å². The molecule has 1 aliphatic heterocycles. The van der Waals surface area contributed by atoms with Crippen molar-refractivity contribution >= 4 is 22.6 Å². The number of aromatic nitrogens is 2. The number of amides is 1. The van der Waals surface area contributed by atoms with Crippen LogP contribution in [-0.2, 0) is 11.8 Å². The van der Waals surface area contributed by atoms with Crippen LogP contribution in [-0.4, -0.2) is 47.8 Å². The highest BCUT2D eigenvalue weighted by Gasteiger charge is 2.23. The van der Waals surface area contributed by atoms with Gasteiger partial charge in [0.2, 0.25) is 0 Å². The standard InChI is InChI=1S/C16H22N4O2/c1-4-17-16(21)14-9-12-13(5-6-18-15(12)19(14)3)20-7-8-22-10-11(20)2/h5-6,9,11H,4,7-8,10H2,1-3H3,(H,17,21)/t11-/m0/s1. The molecule has 0 bridgehead atoms. The summed E-state index contributed by atoms with van der Waals surface area (Å²) < 4.78 is 7.37. The van der Waals surface area contributed by atoms with E-state index in [2.05, 4.69) is 22.1 Å². The fourth-order valence-corrected chi connectivity index (χ4v) is 3.01. The number of carbonyl (C=O) groups excluding carboxylic acids is 1. The molecular formula is C16H22N4O2. The van der Waals surface area contributed by atoms with Gasteiger partial charge in [-0.2, -0.15) is 0 Å². The fraction of sp³-hybridized carbons (Fsp3) is 0.500. The van der Waals surface area contributed by atoms with Crippen LogP contribution in [0.5, 0.6) is 0 Å². The number of nitrogens with zero attached hydrogens (tertiary/aromatic N) is 3. The number of ether oxygens (including phenoxy) is 1. The summed E-state index contributed by atoms with van der Waals surface area (Å²) in [7, 11) is 1.88. The molecule has 0 radical (unpaired) electrons. The molecule has 22 heavy (non-hydrogen) atoms. The van der Waals surface area contributed by atoms with Gasteiger partial charge in [-0.25, -0.2) is 4.98 Å². The first kappa shape index (κ1) is 14.8. The quantitative estimate of drug-likeness (QED) is 0.934. The summed E-state index contributed by atoms with van der Waals surface area (Å²) in [4.78, 5) is 19.0. The Hall–Kier alpha value is -2.08. The average Bonchev–Trinajstić information content (AvgIpc) is 2.86. The molecule has 1 fully saturated rings.